The molecule has 1 aliphatic carbocycles. The van der Waals surface area contributed by atoms with Crippen molar-refractivity contribution in [2.75, 3.05) is 24.4 Å². The van der Waals surface area contributed by atoms with Crippen molar-refractivity contribution in [3.8, 4) is 11.1 Å². The van der Waals surface area contributed by atoms with Crippen molar-refractivity contribution in [1.82, 2.24) is 24.5 Å². The van der Waals surface area contributed by atoms with Crippen molar-refractivity contribution in [3.63, 3.8) is 0 Å². The summed E-state index contributed by atoms with van der Waals surface area (Å²) in [6.45, 7) is 0.700. The number of carbonyl (C=O) groups excluding carboxylic acids is 1. The van der Waals surface area contributed by atoms with Crippen molar-refractivity contribution in [3.05, 3.63) is 67.1 Å². The Morgan fingerprint density at radius 1 is 1.07 bits per heavy atom. The van der Waals surface area contributed by atoms with Crippen LogP contribution in [0.2, 0.25) is 0 Å². The Balaban J connectivity index is 1.30. The van der Waals surface area contributed by atoms with Crippen LogP contribution in [0.4, 0.5) is 17.5 Å². The zero-order valence-corrected chi connectivity index (χ0v) is 22.1. The number of pyridine rings is 1. The van der Waals surface area contributed by atoms with Gasteiger partial charge in [0, 0.05) is 23.9 Å². The van der Waals surface area contributed by atoms with Crippen molar-refractivity contribution in [1.29, 1.82) is 0 Å². The molecule has 202 valence electrons. The van der Waals surface area contributed by atoms with E-state index in [0.29, 0.717) is 42.4 Å². The summed E-state index contributed by atoms with van der Waals surface area (Å²) in [5, 5.41) is 7.74. The summed E-state index contributed by atoms with van der Waals surface area (Å²) >= 11 is 0. The van der Waals surface area contributed by atoms with E-state index in [0.717, 1.165) is 47.0 Å². The number of esters is 1. The predicted molar refractivity (Wildman–Crippen MR) is 152 cm³/mol. The van der Waals surface area contributed by atoms with Crippen molar-refractivity contribution in [2.45, 2.75) is 43.9 Å². The molecule has 1 unspecified atom stereocenters. The van der Waals surface area contributed by atoms with Crippen molar-refractivity contribution in [2.24, 2.45) is 0 Å². The van der Waals surface area contributed by atoms with Gasteiger partial charge >= 0.3 is 5.97 Å². The molecule has 1 aliphatic heterocycles. The predicted octanol–water partition coefficient (Wildman–Crippen LogP) is 5.60. The molecule has 4 heterocycles. The van der Waals surface area contributed by atoms with Crippen LogP contribution in [0.5, 0.6) is 0 Å². The topological polar surface area (TPSA) is 116 Å². The molecular formula is C30H29N7O3. The summed E-state index contributed by atoms with van der Waals surface area (Å²) in [6, 6.07) is 18.3. The van der Waals surface area contributed by atoms with Crippen molar-refractivity contribution < 1.29 is 14.3 Å². The lowest BCUT2D eigenvalue weighted by atomic mass is 10.0. The second kappa shape index (κ2) is 9.87. The zero-order valence-electron chi connectivity index (χ0n) is 22.1. The number of rotatable bonds is 7. The first-order valence-electron chi connectivity index (χ1n) is 13.6. The number of aromatic nitrogens is 5. The van der Waals surface area contributed by atoms with E-state index in [2.05, 4.69) is 38.8 Å². The molecule has 2 fully saturated rings. The molecule has 0 bridgehead atoms. The number of hydrogen-bond donors (Lipinski definition) is 2. The minimum atomic E-state index is -0.794. The van der Waals surface area contributed by atoms with E-state index in [9.17, 15) is 4.79 Å². The molecule has 0 spiro atoms. The number of anilines is 3. The zero-order chi connectivity index (χ0) is 27.1. The van der Waals surface area contributed by atoms with E-state index in [1.165, 1.54) is 7.11 Å². The molecule has 10 nitrogen and oxygen atoms in total. The van der Waals surface area contributed by atoms with Crippen LogP contribution >= 0.6 is 0 Å². The summed E-state index contributed by atoms with van der Waals surface area (Å²) < 4.78 is 13.1. The van der Waals surface area contributed by atoms with Crippen LogP contribution in [-0.4, -0.2) is 49.7 Å². The number of ether oxygens (including phenoxy) is 2. The summed E-state index contributed by atoms with van der Waals surface area (Å²) in [4.78, 5) is 31.4. The van der Waals surface area contributed by atoms with Crippen LogP contribution in [-0.2, 0) is 14.3 Å². The summed E-state index contributed by atoms with van der Waals surface area (Å²) in [5.74, 6) is 0.564. The van der Waals surface area contributed by atoms with E-state index in [1.807, 2.05) is 47.2 Å². The molecule has 0 amide bonds. The Kier molecular flexibility index (Phi) is 6.04. The van der Waals surface area contributed by atoms with Crippen LogP contribution in [0.25, 0.3) is 33.2 Å². The highest BCUT2D eigenvalue weighted by Crippen LogP contribution is 2.41. The number of benzene rings is 2. The fraction of sp³-hybridized carbons (Fsp3) is 0.300. The molecule has 1 atom stereocenters. The summed E-state index contributed by atoms with van der Waals surface area (Å²) in [7, 11) is 1.40. The lowest BCUT2D eigenvalue weighted by Gasteiger charge is -2.24. The highest BCUT2D eigenvalue weighted by atomic mass is 16.5. The molecule has 2 N–H and O–H groups in total. The fourth-order valence-corrected chi connectivity index (χ4v) is 5.36. The lowest BCUT2D eigenvalue weighted by Crippen LogP contribution is -2.33. The van der Waals surface area contributed by atoms with Crippen LogP contribution in [0.3, 0.4) is 0 Å². The first-order chi connectivity index (χ1) is 19.6. The third-order valence-electron chi connectivity index (χ3n) is 7.65. The highest BCUT2D eigenvalue weighted by Gasteiger charge is 2.52. The molecule has 1 saturated heterocycles. The molecule has 40 heavy (non-hydrogen) atoms. The van der Waals surface area contributed by atoms with Gasteiger partial charge in [0.25, 0.3) is 0 Å². The SMILES string of the molecule is COC(=O)C1(Nc2nc(Nc3ccc4nccc(-c5ccccc5)c4c3)nc3c2ncn3C2CCCCO2)CC1. The lowest BCUT2D eigenvalue weighted by molar-refractivity contribution is -0.142. The van der Waals surface area contributed by atoms with Gasteiger partial charge in [-0.3, -0.25) is 9.55 Å². The van der Waals surface area contributed by atoms with Crippen molar-refractivity contribution >= 4 is 45.5 Å². The summed E-state index contributed by atoms with van der Waals surface area (Å²) in [6.07, 6.45) is 7.76. The van der Waals surface area contributed by atoms with E-state index in [4.69, 9.17) is 19.4 Å². The minimum Gasteiger partial charge on any atom is -0.467 e. The Bertz CT molecular complexity index is 1710. The Morgan fingerprint density at radius 2 is 1.95 bits per heavy atom. The molecule has 10 heteroatoms. The first kappa shape index (κ1) is 24.5. The maximum absolute atomic E-state index is 12.5. The Morgan fingerprint density at radius 3 is 2.73 bits per heavy atom. The van der Waals surface area contributed by atoms with E-state index in [1.54, 1.807) is 6.33 Å². The number of nitrogens with one attached hydrogen (secondary N) is 2. The van der Waals surface area contributed by atoms with Gasteiger partial charge < -0.3 is 20.1 Å². The van der Waals surface area contributed by atoms with Crippen LogP contribution in [0.1, 0.15) is 38.3 Å². The van der Waals surface area contributed by atoms with Gasteiger partial charge in [-0.05, 0) is 67.5 Å². The summed E-state index contributed by atoms with van der Waals surface area (Å²) in [5.41, 5.74) is 4.35. The minimum absolute atomic E-state index is 0.148. The van der Waals surface area contributed by atoms with Gasteiger partial charge in [0.05, 0.1) is 19.0 Å². The van der Waals surface area contributed by atoms with Gasteiger partial charge in [0.2, 0.25) is 5.95 Å². The average Bonchev–Trinajstić information content (AvgIpc) is 3.66. The van der Waals surface area contributed by atoms with Crippen LogP contribution < -0.4 is 10.6 Å². The second-order valence-electron chi connectivity index (χ2n) is 10.3. The fourth-order valence-electron chi connectivity index (χ4n) is 5.36. The molecule has 3 aromatic heterocycles. The second-order valence-corrected chi connectivity index (χ2v) is 10.3. The molecule has 1 saturated carbocycles. The molecule has 2 aliphatic rings. The highest BCUT2D eigenvalue weighted by molar-refractivity contribution is 5.97. The van der Waals surface area contributed by atoms with E-state index >= 15 is 0 Å². The Labute approximate surface area is 230 Å². The average molecular weight is 536 g/mol. The number of carbonyl (C=O) groups is 1. The van der Waals surface area contributed by atoms with Gasteiger partial charge in [-0.25, -0.2) is 9.78 Å². The van der Waals surface area contributed by atoms with Gasteiger partial charge in [0.1, 0.15) is 11.8 Å². The smallest absolute Gasteiger partial charge is 0.331 e. The van der Waals surface area contributed by atoms with Gasteiger partial charge in [-0.15, -0.1) is 0 Å². The maximum Gasteiger partial charge on any atom is 0.331 e. The third-order valence-corrected chi connectivity index (χ3v) is 7.65. The van der Waals surface area contributed by atoms with Crippen LogP contribution in [0.15, 0.2) is 67.1 Å². The molecule has 2 aromatic carbocycles. The number of nitrogens with zero attached hydrogens (tertiary/aromatic N) is 5. The Hall–Kier alpha value is -4.57. The standard InChI is InChI=1S/C30H29N7O3/c1-39-28(38)30(13-14-30)36-26-25-27(37(18-32-25)24-9-5-6-16-40-24)35-29(34-26)33-20-10-11-23-22(17-20)21(12-15-31-23)19-7-3-2-4-8-19/h2-4,7-8,10-12,15,17-18,24H,5-6,9,13-14,16H2,1H3,(H2,33,34,35,36). The van der Waals surface area contributed by atoms with Gasteiger partial charge in [-0.1, -0.05) is 30.3 Å². The number of fused-ring (bicyclic) bond motifs is 2. The molecule has 7 rings (SSSR count). The molecular weight excluding hydrogens is 506 g/mol. The number of methoxy groups -OCH3 is 1. The first-order valence-corrected chi connectivity index (χ1v) is 13.6. The number of imidazole rings is 1. The van der Waals surface area contributed by atoms with Gasteiger partial charge in [0.15, 0.2) is 17.0 Å². The maximum atomic E-state index is 12.5. The molecule has 0 radical (unpaired) electrons. The van der Waals surface area contributed by atoms with E-state index in [-0.39, 0.29) is 12.2 Å². The third kappa shape index (κ3) is 4.40. The van der Waals surface area contributed by atoms with E-state index < -0.39 is 5.54 Å². The normalized spacial score (nSPS) is 18.0. The van der Waals surface area contributed by atoms with Crippen LogP contribution in [0, 0.1) is 0 Å². The quantitative estimate of drug-likeness (QED) is 0.257. The monoisotopic (exact) mass is 535 g/mol. The largest absolute Gasteiger partial charge is 0.467 e. The molecule has 5 aromatic rings. The van der Waals surface area contributed by atoms with Gasteiger partial charge in [-0.2, -0.15) is 9.97 Å². The number of hydrogen-bond acceptors (Lipinski definition) is 9.